The third kappa shape index (κ3) is 10.0. The molecule has 0 aromatic carbocycles. The van der Waals surface area contributed by atoms with Gasteiger partial charge in [0.2, 0.25) is 1.43 Å². The second kappa shape index (κ2) is 19.1. The van der Waals surface area contributed by atoms with Crippen LogP contribution < -0.4 is 22.5 Å². The Balaban J connectivity index is 0.000000315. The first-order valence-corrected chi connectivity index (χ1v) is 15.1. The van der Waals surface area contributed by atoms with Gasteiger partial charge in [0.25, 0.3) is 11.1 Å². The molecule has 0 unspecified atom stereocenters. The van der Waals surface area contributed by atoms with Crippen LogP contribution in [-0.4, -0.2) is 120 Å². The van der Waals surface area contributed by atoms with Crippen LogP contribution in [-0.2, 0) is 28.4 Å². The van der Waals surface area contributed by atoms with Crippen molar-refractivity contribution in [3.8, 4) is 0 Å². The smallest absolute Gasteiger partial charge is 0.330 e. The summed E-state index contributed by atoms with van der Waals surface area (Å²) in [7, 11) is 4.39. The summed E-state index contributed by atoms with van der Waals surface area (Å²) in [6.07, 6.45) is -3.85. The predicted molar refractivity (Wildman–Crippen MR) is 168 cm³/mol. The molecule has 17 heteroatoms. The Bertz CT molecular complexity index is 1420. The first-order chi connectivity index (χ1) is 23.1. The number of ether oxygens (including phenoxy) is 6. The second-order valence-corrected chi connectivity index (χ2v) is 11.0. The van der Waals surface area contributed by atoms with Crippen molar-refractivity contribution in [2.45, 2.75) is 90.1 Å². The molecule has 5 N–H and O–H groups in total. The van der Waals surface area contributed by atoms with E-state index in [0.29, 0.717) is 30.9 Å². The van der Waals surface area contributed by atoms with Crippen molar-refractivity contribution in [1.29, 1.82) is 1.43 Å². The molecule has 268 valence electrons. The Morgan fingerprint density at radius 3 is 1.81 bits per heavy atom. The van der Waals surface area contributed by atoms with Gasteiger partial charge in [0.05, 0.1) is 44.7 Å². The summed E-state index contributed by atoms with van der Waals surface area (Å²) < 4.78 is 48.8. The predicted octanol–water partition coefficient (Wildman–Crippen LogP) is -1.06. The molecule has 0 bridgehead atoms. The number of hydrogen-bond donors (Lipinski definition) is 5. The fraction of sp³-hybridized carbons (Fsp3) is 0.733. The number of aliphatic hydroxyl groups excluding tert-OH is 3. The van der Waals surface area contributed by atoms with Gasteiger partial charge in [-0.1, -0.05) is 13.8 Å². The van der Waals surface area contributed by atoms with Crippen LogP contribution in [0.15, 0.2) is 31.6 Å². The number of aryl methyl sites for hydroxylation is 2. The van der Waals surface area contributed by atoms with E-state index < -0.39 is 78.0 Å². The number of H-pyrrole nitrogens is 2. The van der Waals surface area contributed by atoms with Crippen LogP contribution >= 0.6 is 0 Å². The summed E-state index contributed by atoms with van der Waals surface area (Å²) in [5.74, 6) is -0.129. The highest BCUT2D eigenvalue weighted by Crippen LogP contribution is 2.37. The number of rotatable bonds is 12. The molecular formula is C30H50N4O13. The molecule has 47 heavy (non-hydrogen) atoms. The van der Waals surface area contributed by atoms with Crippen LogP contribution in [0, 0.1) is 19.8 Å². The maximum Gasteiger partial charge on any atom is 0.330 e. The van der Waals surface area contributed by atoms with Gasteiger partial charge in [0.1, 0.15) is 18.3 Å². The van der Waals surface area contributed by atoms with Crippen LogP contribution in [0.5, 0.6) is 0 Å². The van der Waals surface area contributed by atoms with Crippen LogP contribution in [0.1, 0.15) is 52.1 Å². The van der Waals surface area contributed by atoms with E-state index in [2.05, 4.69) is 15.1 Å². The molecule has 0 amide bonds. The molecule has 2 saturated heterocycles. The van der Waals surface area contributed by atoms with E-state index in [1.165, 1.54) is 35.7 Å². The average molecular weight is 678 g/mol. The summed E-state index contributed by atoms with van der Waals surface area (Å²) in [6.45, 7) is 9.57. The van der Waals surface area contributed by atoms with Gasteiger partial charge in [-0.3, -0.25) is 28.7 Å². The topological polar surface area (TPSA) is 226 Å². The van der Waals surface area contributed by atoms with Gasteiger partial charge in [-0.25, -0.2) is 9.59 Å². The Hall–Kier alpha value is -3.00. The highest BCUT2D eigenvalue weighted by molar-refractivity contribution is 5.04. The Kier molecular flexibility index (Phi) is 15.0. The minimum absolute atomic E-state index is 0.129. The van der Waals surface area contributed by atoms with E-state index >= 15 is 0 Å². The average Bonchev–Trinajstić information content (AvgIpc) is 3.54. The zero-order chi connectivity index (χ0) is 37.0. The number of aromatic nitrogens is 4. The van der Waals surface area contributed by atoms with Gasteiger partial charge in [0, 0.05) is 52.1 Å². The van der Waals surface area contributed by atoms with E-state index in [0.717, 1.165) is 0 Å². The van der Waals surface area contributed by atoms with Crippen molar-refractivity contribution in [2.24, 2.45) is 5.92 Å². The molecule has 0 spiro atoms. The highest BCUT2D eigenvalue weighted by Gasteiger charge is 2.46. The zero-order valence-corrected chi connectivity index (χ0v) is 28.0. The minimum Gasteiger partial charge on any atom is -0.400 e. The summed E-state index contributed by atoms with van der Waals surface area (Å²) in [4.78, 5) is 51.7. The number of methoxy groups -OCH3 is 2. The highest BCUT2D eigenvalue weighted by atomic mass is 16.6. The molecular weight excluding hydrogens is 624 g/mol. The van der Waals surface area contributed by atoms with E-state index in [4.69, 9.17) is 31.2 Å². The SMILES string of the molecule is COCCO[C@@H]1[C@H](C)[C@@H]([C@@H](C)O)O[C@H]1n1cc(C)c(=O)[nH]c1=O.[2H][C@@H](C)[C@H]1O[C@@H](n2cc(C)c(=O)[nH]c2=O)[C@H](OCCOC)[C@@H]1O.[3H]OC. The quantitative estimate of drug-likeness (QED) is 0.169. The minimum atomic E-state index is -1.07. The maximum atomic E-state index is 12.1. The van der Waals surface area contributed by atoms with Crippen LogP contribution in [0.4, 0.5) is 0 Å². The number of hydrogen-bond acceptors (Lipinski definition) is 13. The largest absolute Gasteiger partial charge is 0.400 e. The van der Waals surface area contributed by atoms with Crippen LogP contribution in [0.3, 0.4) is 0 Å². The molecule has 2 aliphatic heterocycles. The van der Waals surface area contributed by atoms with Gasteiger partial charge in [-0.2, -0.15) is 0 Å². The lowest BCUT2D eigenvalue weighted by Crippen LogP contribution is -2.40. The molecule has 0 saturated carbocycles. The monoisotopic (exact) mass is 677 g/mol. The molecule has 2 aliphatic rings. The number of aromatic amines is 2. The zero-order valence-electron chi connectivity index (χ0n) is 30.0. The molecule has 4 rings (SSSR count). The van der Waals surface area contributed by atoms with E-state index in [9.17, 15) is 29.4 Å². The summed E-state index contributed by atoms with van der Waals surface area (Å²) in [5, 5.41) is 23.8. The molecule has 2 aromatic heterocycles. The number of nitrogens with one attached hydrogen (secondary N) is 2. The van der Waals surface area contributed by atoms with Gasteiger partial charge < -0.3 is 43.7 Å². The Morgan fingerprint density at radius 1 is 0.936 bits per heavy atom. The van der Waals surface area contributed by atoms with E-state index in [1.807, 2.05) is 6.92 Å². The summed E-state index contributed by atoms with van der Waals surface area (Å²) in [6, 6.07) is 0. The van der Waals surface area contributed by atoms with Gasteiger partial charge >= 0.3 is 11.4 Å². The van der Waals surface area contributed by atoms with Crippen molar-refractivity contribution in [3.63, 3.8) is 0 Å². The second-order valence-electron chi connectivity index (χ2n) is 11.0. The molecule has 10 atom stereocenters. The number of nitrogens with zero attached hydrogens (tertiary/aromatic N) is 2. The van der Waals surface area contributed by atoms with E-state index in [-0.39, 0.29) is 12.5 Å². The van der Waals surface area contributed by atoms with Gasteiger partial charge in [0.15, 0.2) is 12.5 Å². The van der Waals surface area contributed by atoms with E-state index in [1.54, 1.807) is 34.8 Å². The normalized spacial score (nSPS) is 28.7. The Morgan fingerprint density at radius 2 is 1.38 bits per heavy atom. The molecule has 2 aromatic rings. The molecule has 0 radical (unpaired) electrons. The van der Waals surface area contributed by atoms with Gasteiger partial charge in [-0.15, -0.1) is 0 Å². The van der Waals surface area contributed by atoms with Crippen molar-refractivity contribution < 1.29 is 45.1 Å². The van der Waals surface area contributed by atoms with Crippen LogP contribution in [0.2, 0.25) is 0 Å². The van der Waals surface area contributed by atoms with Crippen molar-refractivity contribution in [3.05, 3.63) is 65.2 Å². The lowest BCUT2D eigenvalue weighted by atomic mass is 9.97. The lowest BCUT2D eigenvalue weighted by molar-refractivity contribution is -0.0902. The molecule has 2 fully saturated rings. The third-order valence-corrected chi connectivity index (χ3v) is 7.70. The summed E-state index contributed by atoms with van der Waals surface area (Å²) >= 11 is 0. The lowest BCUT2D eigenvalue weighted by Gasteiger charge is -2.23. The van der Waals surface area contributed by atoms with Crippen molar-refractivity contribution in [1.82, 2.24) is 19.1 Å². The molecule has 4 heterocycles. The third-order valence-electron chi connectivity index (χ3n) is 7.70. The van der Waals surface area contributed by atoms with Crippen molar-refractivity contribution in [2.75, 3.05) is 47.8 Å². The molecule has 17 nitrogen and oxygen atoms in total. The fourth-order valence-corrected chi connectivity index (χ4v) is 5.26. The van der Waals surface area contributed by atoms with Gasteiger partial charge in [-0.05, 0) is 27.2 Å². The number of aliphatic hydroxyl groups is 3. The first kappa shape index (κ1) is 36.8. The maximum absolute atomic E-state index is 12.1. The van der Waals surface area contributed by atoms with Crippen molar-refractivity contribution >= 4 is 0 Å². The summed E-state index contributed by atoms with van der Waals surface area (Å²) in [5.41, 5.74) is -1.40. The Labute approximate surface area is 274 Å². The standard InChI is InChI=1S/C15H24N2O6.C14H22N2O6.CH4O/c1-8-7-17(15(20)16-13(8)19)14-12(22-6-5-21-4)9(2)11(23-14)10(3)18;1-4-9-10(17)11(21-6-5-20-3)13(22-9)16-7-8(2)12(18)15-14(16)19;1-2/h7,9-12,14,18H,5-6H2,1-4H3,(H,16,19,20);7,9-11,13,17H,4-6H2,1-3H3,(H,15,18,19);2H,1H3/t9-,10-,11+,12-,14-;9-,10-,11-,13-;/m11./s1/i;4D;2T/t;4-,9+,10+,11+,13+;/m.0.. The first-order valence-electron chi connectivity index (χ1n) is 16.1. The fourth-order valence-electron chi connectivity index (χ4n) is 5.26. The molecule has 0 aliphatic carbocycles. The van der Waals surface area contributed by atoms with Crippen LogP contribution in [0.25, 0.3) is 0 Å².